The maximum Gasteiger partial charge on any atom is 0.179 e. The van der Waals surface area contributed by atoms with Gasteiger partial charge in [0.25, 0.3) is 0 Å². The molecule has 1 aromatic carbocycles. The molecular weight excluding hydrogens is 246 g/mol. The van der Waals surface area contributed by atoms with Crippen molar-refractivity contribution in [1.82, 2.24) is 5.32 Å². The second-order valence-corrected chi connectivity index (χ2v) is 7.59. The first kappa shape index (κ1) is 12.2. The number of fused-ring (bicyclic) bond motifs is 1. The molecular formula is C14H19NO2S. The monoisotopic (exact) mass is 265 g/mol. The fraction of sp³-hybridized carbons (Fsp3) is 0.571. The van der Waals surface area contributed by atoms with E-state index in [1.165, 1.54) is 0 Å². The summed E-state index contributed by atoms with van der Waals surface area (Å²) in [6.07, 6.45) is 2.22. The maximum absolute atomic E-state index is 12.2. The minimum atomic E-state index is -3.06. The number of rotatable bonds is 3. The van der Waals surface area contributed by atoms with Crippen LogP contribution in [-0.4, -0.2) is 27.3 Å². The van der Waals surface area contributed by atoms with Gasteiger partial charge in [0, 0.05) is 24.4 Å². The molecule has 4 heteroatoms. The predicted molar refractivity (Wildman–Crippen MR) is 71.4 cm³/mol. The number of hydrogen-bond acceptors (Lipinski definition) is 3. The van der Waals surface area contributed by atoms with Gasteiger partial charge in [-0.25, -0.2) is 8.42 Å². The molecule has 1 aromatic rings. The smallest absolute Gasteiger partial charge is 0.179 e. The minimum Gasteiger partial charge on any atom is -0.315 e. The van der Waals surface area contributed by atoms with E-state index >= 15 is 0 Å². The number of sulfone groups is 1. The fourth-order valence-electron chi connectivity index (χ4n) is 3.50. The second kappa shape index (κ2) is 4.07. The van der Waals surface area contributed by atoms with Crippen molar-refractivity contribution in [2.75, 3.05) is 18.8 Å². The zero-order valence-corrected chi connectivity index (χ0v) is 11.5. The normalized spacial score (nSPS) is 27.5. The van der Waals surface area contributed by atoms with E-state index < -0.39 is 9.84 Å². The highest BCUT2D eigenvalue weighted by molar-refractivity contribution is 7.91. The first-order valence-electron chi connectivity index (χ1n) is 6.61. The van der Waals surface area contributed by atoms with Crippen LogP contribution in [0.5, 0.6) is 0 Å². The topological polar surface area (TPSA) is 46.2 Å². The largest absolute Gasteiger partial charge is 0.315 e. The van der Waals surface area contributed by atoms with Crippen LogP contribution in [0.3, 0.4) is 0 Å². The van der Waals surface area contributed by atoms with Crippen LogP contribution in [0.15, 0.2) is 29.2 Å². The third kappa shape index (κ3) is 1.62. The third-order valence-corrected chi connectivity index (χ3v) is 6.27. The van der Waals surface area contributed by atoms with Crippen LogP contribution in [0.4, 0.5) is 0 Å². The first-order valence-corrected chi connectivity index (χ1v) is 8.27. The SMILES string of the molecule is CCCC1(C2CS(=O)(=O)c3ccccc32)CNC1. The van der Waals surface area contributed by atoms with Crippen molar-refractivity contribution in [3.8, 4) is 0 Å². The highest BCUT2D eigenvalue weighted by Crippen LogP contribution is 2.49. The second-order valence-electron chi connectivity index (χ2n) is 5.59. The Morgan fingerprint density at radius 3 is 2.67 bits per heavy atom. The average Bonchev–Trinajstić information content (AvgIpc) is 2.57. The van der Waals surface area contributed by atoms with Crippen LogP contribution in [0.25, 0.3) is 0 Å². The van der Waals surface area contributed by atoms with Gasteiger partial charge in [0.05, 0.1) is 10.6 Å². The quantitative estimate of drug-likeness (QED) is 0.908. The molecule has 0 amide bonds. The van der Waals surface area contributed by atoms with Crippen molar-refractivity contribution in [3.63, 3.8) is 0 Å². The van der Waals surface area contributed by atoms with Gasteiger partial charge in [0.2, 0.25) is 0 Å². The summed E-state index contributed by atoms with van der Waals surface area (Å²) < 4.78 is 24.5. The Bertz CT molecular complexity index is 561. The summed E-state index contributed by atoms with van der Waals surface area (Å²) in [4.78, 5) is 0.567. The van der Waals surface area contributed by atoms with Crippen molar-refractivity contribution in [2.45, 2.75) is 30.6 Å². The van der Waals surface area contributed by atoms with Crippen LogP contribution in [0, 0.1) is 5.41 Å². The molecule has 18 heavy (non-hydrogen) atoms. The third-order valence-electron chi connectivity index (χ3n) is 4.46. The molecule has 98 valence electrons. The van der Waals surface area contributed by atoms with E-state index in [0.717, 1.165) is 31.5 Å². The van der Waals surface area contributed by atoms with Crippen LogP contribution >= 0.6 is 0 Å². The van der Waals surface area contributed by atoms with E-state index in [-0.39, 0.29) is 11.3 Å². The number of hydrogen-bond donors (Lipinski definition) is 1. The number of nitrogens with one attached hydrogen (secondary N) is 1. The zero-order valence-electron chi connectivity index (χ0n) is 10.6. The van der Waals surface area contributed by atoms with Gasteiger partial charge in [0.1, 0.15) is 0 Å². The summed E-state index contributed by atoms with van der Waals surface area (Å²) in [6.45, 7) is 4.08. The summed E-state index contributed by atoms with van der Waals surface area (Å²) >= 11 is 0. The molecule has 1 saturated heterocycles. The lowest BCUT2D eigenvalue weighted by Crippen LogP contribution is -2.57. The molecule has 2 heterocycles. The van der Waals surface area contributed by atoms with Crippen LogP contribution < -0.4 is 5.32 Å². The highest BCUT2D eigenvalue weighted by Gasteiger charge is 2.50. The molecule has 0 spiro atoms. The molecule has 0 radical (unpaired) electrons. The molecule has 0 aromatic heterocycles. The van der Waals surface area contributed by atoms with E-state index in [2.05, 4.69) is 12.2 Å². The molecule has 2 aliphatic rings. The average molecular weight is 265 g/mol. The van der Waals surface area contributed by atoms with Gasteiger partial charge in [0.15, 0.2) is 9.84 Å². The highest BCUT2D eigenvalue weighted by atomic mass is 32.2. The van der Waals surface area contributed by atoms with Gasteiger partial charge in [-0.3, -0.25) is 0 Å². The van der Waals surface area contributed by atoms with Gasteiger partial charge in [-0.15, -0.1) is 0 Å². The number of benzene rings is 1. The lowest BCUT2D eigenvalue weighted by atomic mass is 9.66. The molecule has 0 saturated carbocycles. The van der Waals surface area contributed by atoms with E-state index in [1.54, 1.807) is 6.07 Å². The minimum absolute atomic E-state index is 0.161. The molecule has 0 aliphatic carbocycles. The summed E-state index contributed by atoms with van der Waals surface area (Å²) in [6, 6.07) is 7.54. The molecule has 1 N–H and O–H groups in total. The fourth-order valence-corrected chi connectivity index (χ4v) is 5.51. The lowest BCUT2D eigenvalue weighted by Gasteiger charge is -2.47. The van der Waals surface area contributed by atoms with Crippen molar-refractivity contribution >= 4 is 9.84 Å². The Hall–Kier alpha value is -0.870. The molecule has 1 fully saturated rings. The molecule has 3 rings (SSSR count). The summed E-state index contributed by atoms with van der Waals surface area (Å²) in [5.74, 6) is 0.480. The van der Waals surface area contributed by atoms with Gasteiger partial charge in [-0.05, 0) is 18.1 Å². The molecule has 3 nitrogen and oxygen atoms in total. The Morgan fingerprint density at radius 2 is 2.06 bits per heavy atom. The van der Waals surface area contributed by atoms with Gasteiger partial charge < -0.3 is 5.32 Å². The Balaban J connectivity index is 2.06. The van der Waals surface area contributed by atoms with Crippen LogP contribution in [0.2, 0.25) is 0 Å². The Kier molecular flexibility index (Phi) is 2.75. The van der Waals surface area contributed by atoms with E-state index in [4.69, 9.17) is 0 Å². The molecule has 1 atom stereocenters. The van der Waals surface area contributed by atoms with Crippen LogP contribution in [-0.2, 0) is 9.84 Å². The molecule has 2 aliphatic heterocycles. The zero-order chi connectivity index (χ0) is 12.8. The summed E-state index contributed by atoms with van der Waals surface area (Å²) in [5, 5.41) is 3.33. The molecule has 0 bridgehead atoms. The lowest BCUT2D eigenvalue weighted by molar-refractivity contribution is 0.119. The Morgan fingerprint density at radius 1 is 1.33 bits per heavy atom. The van der Waals surface area contributed by atoms with Crippen molar-refractivity contribution in [3.05, 3.63) is 29.8 Å². The van der Waals surface area contributed by atoms with Gasteiger partial charge in [-0.1, -0.05) is 31.5 Å². The van der Waals surface area contributed by atoms with E-state index in [9.17, 15) is 8.42 Å². The summed E-state index contributed by atoms with van der Waals surface area (Å²) in [7, 11) is -3.06. The molecule has 1 unspecified atom stereocenters. The van der Waals surface area contributed by atoms with Crippen molar-refractivity contribution in [1.29, 1.82) is 0 Å². The van der Waals surface area contributed by atoms with Crippen molar-refractivity contribution in [2.24, 2.45) is 5.41 Å². The van der Waals surface area contributed by atoms with E-state index in [0.29, 0.717) is 10.6 Å². The summed E-state index contributed by atoms with van der Waals surface area (Å²) in [5.41, 5.74) is 1.21. The van der Waals surface area contributed by atoms with Gasteiger partial charge >= 0.3 is 0 Å². The first-order chi connectivity index (χ1) is 8.59. The standard InChI is InChI=1S/C14H19NO2S/c1-2-7-14(9-15-10-14)12-8-18(16,17)13-6-4-3-5-11(12)13/h3-6,12,15H,2,7-10H2,1H3. The van der Waals surface area contributed by atoms with E-state index in [1.807, 2.05) is 18.2 Å². The maximum atomic E-state index is 12.2. The predicted octanol–water partition coefficient (Wildman–Crippen LogP) is 1.95. The van der Waals surface area contributed by atoms with Gasteiger partial charge in [-0.2, -0.15) is 0 Å². The van der Waals surface area contributed by atoms with Crippen LogP contribution in [0.1, 0.15) is 31.2 Å². The van der Waals surface area contributed by atoms with Crippen molar-refractivity contribution < 1.29 is 8.42 Å². The Labute approximate surface area is 109 Å².